The van der Waals surface area contributed by atoms with Gasteiger partial charge in [0.15, 0.2) is 5.11 Å². The van der Waals surface area contributed by atoms with Crippen LogP contribution in [0.15, 0.2) is 48.5 Å². The molecule has 2 heterocycles. The second kappa shape index (κ2) is 13.7. The van der Waals surface area contributed by atoms with E-state index in [0.29, 0.717) is 34.3 Å². The number of carbonyl (C=O) groups is 3. The Morgan fingerprint density at radius 2 is 1.70 bits per heavy atom. The van der Waals surface area contributed by atoms with E-state index in [-0.39, 0.29) is 24.8 Å². The van der Waals surface area contributed by atoms with Gasteiger partial charge in [-0.3, -0.25) is 14.5 Å². The van der Waals surface area contributed by atoms with Crippen LogP contribution in [-0.2, 0) is 14.3 Å². The first-order valence-electron chi connectivity index (χ1n) is 13.9. The highest BCUT2D eigenvalue weighted by Crippen LogP contribution is 2.28. The third-order valence-electron chi connectivity index (χ3n) is 7.46. The van der Waals surface area contributed by atoms with E-state index in [2.05, 4.69) is 17.1 Å². The molecule has 0 radical (unpaired) electrons. The molecule has 1 atom stereocenters. The second-order valence-corrected chi connectivity index (χ2v) is 10.7. The summed E-state index contributed by atoms with van der Waals surface area (Å²) in [6, 6.07) is 12.9. The van der Waals surface area contributed by atoms with Crippen molar-refractivity contribution in [3.63, 3.8) is 0 Å². The average molecular weight is 567 g/mol. The van der Waals surface area contributed by atoms with Crippen molar-refractivity contribution in [3.8, 4) is 5.75 Å². The van der Waals surface area contributed by atoms with E-state index in [1.807, 2.05) is 4.90 Å². The standard InChI is InChI=1S/C30H38N4O5S/c1-4-39-29(37)22-6-10-24(11-7-22)34-28(36)26(20-27(35)31-23-8-12-25(38-3)13-9-23)33(30(34)40)17-5-16-32-18-14-21(2)15-19-32/h6-13,21,26H,4-5,14-20H2,1-3H3,(H,31,35)/t26-/m1/s1. The quantitative estimate of drug-likeness (QED) is 0.318. The van der Waals surface area contributed by atoms with Crippen LogP contribution in [0, 0.1) is 5.92 Å². The minimum Gasteiger partial charge on any atom is -0.497 e. The van der Waals surface area contributed by atoms with Gasteiger partial charge in [-0.25, -0.2) is 4.79 Å². The molecule has 1 N–H and O–H groups in total. The van der Waals surface area contributed by atoms with Crippen molar-refractivity contribution in [3.05, 3.63) is 54.1 Å². The van der Waals surface area contributed by atoms with Gasteiger partial charge < -0.3 is 24.6 Å². The Kier molecular flexibility index (Phi) is 10.1. The van der Waals surface area contributed by atoms with Crippen molar-refractivity contribution < 1.29 is 23.9 Å². The van der Waals surface area contributed by atoms with E-state index in [1.165, 1.54) is 17.7 Å². The Labute approximate surface area is 241 Å². The number of piperidine rings is 1. The van der Waals surface area contributed by atoms with Crippen molar-refractivity contribution in [1.82, 2.24) is 9.80 Å². The average Bonchev–Trinajstić information content (AvgIpc) is 3.18. The maximum Gasteiger partial charge on any atom is 0.338 e. The van der Waals surface area contributed by atoms with Gasteiger partial charge in [0, 0.05) is 12.2 Å². The maximum absolute atomic E-state index is 13.7. The van der Waals surface area contributed by atoms with Crippen LogP contribution in [0.5, 0.6) is 5.75 Å². The zero-order valence-electron chi connectivity index (χ0n) is 23.4. The van der Waals surface area contributed by atoms with Crippen LogP contribution in [0.3, 0.4) is 0 Å². The molecule has 2 aliphatic heterocycles. The fourth-order valence-electron chi connectivity index (χ4n) is 5.10. The van der Waals surface area contributed by atoms with Gasteiger partial charge >= 0.3 is 5.97 Å². The summed E-state index contributed by atoms with van der Waals surface area (Å²) in [5.41, 5.74) is 1.57. The molecule has 2 fully saturated rings. The Balaban J connectivity index is 1.48. The van der Waals surface area contributed by atoms with Crippen LogP contribution in [0.1, 0.15) is 49.9 Å². The monoisotopic (exact) mass is 566 g/mol. The van der Waals surface area contributed by atoms with Gasteiger partial charge in [0.05, 0.1) is 31.4 Å². The summed E-state index contributed by atoms with van der Waals surface area (Å²) in [5.74, 6) is 0.489. The number of ether oxygens (including phenoxy) is 2. The zero-order valence-corrected chi connectivity index (χ0v) is 24.2. The number of thiocarbonyl (C=S) groups is 1. The lowest BCUT2D eigenvalue weighted by atomic mass is 9.99. The minimum atomic E-state index is -0.725. The van der Waals surface area contributed by atoms with Gasteiger partial charge in [-0.05, 0) is 112 Å². The van der Waals surface area contributed by atoms with Gasteiger partial charge in [-0.2, -0.15) is 0 Å². The molecule has 2 aromatic carbocycles. The number of esters is 1. The van der Waals surface area contributed by atoms with Crippen molar-refractivity contribution in [2.24, 2.45) is 5.92 Å². The molecule has 40 heavy (non-hydrogen) atoms. The number of hydrogen-bond donors (Lipinski definition) is 1. The number of benzene rings is 2. The third-order valence-corrected chi connectivity index (χ3v) is 7.87. The molecule has 2 aliphatic rings. The van der Waals surface area contributed by atoms with Crippen molar-refractivity contribution in [1.29, 1.82) is 0 Å². The number of rotatable bonds is 11. The minimum absolute atomic E-state index is 0.0381. The highest BCUT2D eigenvalue weighted by Gasteiger charge is 2.44. The molecule has 2 aromatic rings. The van der Waals surface area contributed by atoms with E-state index < -0.39 is 12.0 Å². The van der Waals surface area contributed by atoms with Gasteiger partial charge in [0.25, 0.3) is 5.91 Å². The van der Waals surface area contributed by atoms with E-state index in [9.17, 15) is 14.4 Å². The van der Waals surface area contributed by atoms with Crippen LogP contribution in [0.4, 0.5) is 11.4 Å². The lowest BCUT2D eigenvalue weighted by Gasteiger charge is -2.31. The summed E-state index contributed by atoms with van der Waals surface area (Å²) in [4.78, 5) is 44.7. The Hall–Kier alpha value is -3.50. The molecular formula is C30H38N4O5S. The lowest BCUT2D eigenvalue weighted by molar-refractivity contribution is -0.124. The van der Waals surface area contributed by atoms with Crippen LogP contribution in [-0.4, -0.2) is 78.6 Å². The third kappa shape index (κ3) is 7.17. The Bertz CT molecular complexity index is 1200. The number of carbonyl (C=O) groups excluding carboxylic acids is 3. The second-order valence-electron chi connectivity index (χ2n) is 10.3. The van der Waals surface area contributed by atoms with E-state index >= 15 is 0 Å². The largest absolute Gasteiger partial charge is 0.497 e. The first-order valence-corrected chi connectivity index (χ1v) is 14.3. The predicted molar refractivity (Wildman–Crippen MR) is 159 cm³/mol. The fraction of sp³-hybridized carbons (Fsp3) is 0.467. The molecule has 10 heteroatoms. The first kappa shape index (κ1) is 29.5. The number of nitrogens with zero attached hydrogens (tertiary/aromatic N) is 3. The van der Waals surface area contributed by atoms with E-state index in [1.54, 1.807) is 62.6 Å². The molecule has 0 saturated carbocycles. The van der Waals surface area contributed by atoms with E-state index in [4.69, 9.17) is 21.7 Å². The van der Waals surface area contributed by atoms with Gasteiger partial charge in [-0.15, -0.1) is 0 Å². The van der Waals surface area contributed by atoms with Crippen LogP contribution < -0.4 is 15.0 Å². The molecule has 9 nitrogen and oxygen atoms in total. The zero-order chi connectivity index (χ0) is 28.6. The van der Waals surface area contributed by atoms with Gasteiger partial charge in [-0.1, -0.05) is 6.92 Å². The molecule has 0 unspecified atom stereocenters. The number of methoxy groups -OCH3 is 1. The fourth-order valence-corrected chi connectivity index (χ4v) is 5.51. The highest BCUT2D eigenvalue weighted by atomic mass is 32.1. The molecule has 2 amide bonds. The van der Waals surface area contributed by atoms with Crippen LogP contribution in [0.25, 0.3) is 0 Å². The molecule has 0 spiro atoms. The Morgan fingerprint density at radius 3 is 2.33 bits per heavy atom. The number of hydrogen-bond acceptors (Lipinski definition) is 7. The summed E-state index contributed by atoms with van der Waals surface area (Å²) in [6.45, 7) is 7.96. The summed E-state index contributed by atoms with van der Waals surface area (Å²) in [5, 5.41) is 3.24. The van der Waals surface area contributed by atoms with E-state index in [0.717, 1.165) is 32.0 Å². The van der Waals surface area contributed by atoms with Crippen LogP contribution in [0.2, 0.25) is 0 Å². The van der Waals surface area contributed by atoms with Gasteiger partial charge in [0.2, 0.25) is 5.91 Å². The van der Waals surface area contributed by atoms with Crippen LogP contribution >= 0.6 is 12.2 Å². The molecule has 214 valence electrons. The summed E-state index contributed by atoms with van der Waals surface area (Å²) < 4.78 is 10.2. The number of anilines is 2. The molecular weight excluding hydrogens is 528 g/mol. The summed E-state index contributed by atoms with van der Waals surface area (Å²) >= 11 is 5.80. The van der Waals surface area contributed by atoms with Crippen molar-refractivity contribution in [2.45, 2.75) is 45.6 Å². The topological polar surface area (TPSA) is 91.4 Å². The molecule has 0 bridgehead atoms. The Morgan fingerprint density at radius 1 is 1.02 bits per heavy atom. The summed E-state index contributed by atoms with van der Waals surface area (Å²) in [6.07, 6.45) is 3.19. The maximum atomic E-state index is 13.7. The smallest absolute Gasteiger partial charge is 0.338 e. The van der Waals surface area contributed by atoms with Crippen molar-refractivity contribution >= 4 is 46.5 Å². The SMILES string of the molecule is CCOC(=O)c1ccc(N2C(=O)[C@@H](CC(=O)Nc3ccc(OC)cc3)N(CCCN3CCC(C)CC3)C2=S)cc1. The number of amides is 2. The summed E-state index contributed by atoms with van der Waals surface area (Å²) in [7, 11) is 1.58. The molecule has 2 saturated heterocycles. The lowest BCUT2D eigenvalue weighted by Crippen LogP contribution is -2.40. The molecule has 0 aliphatic carbocycles. The van der Waals surface area contributed by atoms with Crippen molar-refractivity contribution in [2.75, 3.05) is 50.1 Å². The molecule has 0 aromatic heterocycles. The normalized spacial score (nSPS) is 18.2. The van der Waals surface area contributed by atoms with Gasteiger partial charge in [0.1, 0.15) is 11.8 Å². The number of likely N-dealkylation sites (tertiary alicyclic amines) is 1. The highest BCUT2D eigenvalue weighted by molar-refractivity contribution is 7.80. The molecule has 4 rings (SSSR count). The number of nitrogens with one attached hydrogen (secondary N) is 1. The first-order chi connectivity index (χ1) is 19.3. The predicted octanol–water partition coefficient (Wildman–Crippen LogP) is 4.32.